The van der Waals surface area contributed by atoms with Gasteiger partial charge in [0.05, 0.1) is 0 Å². The fourth-order valence-corrected chi connectivity index (χ4v) is 6.70. The van der Waals surface area contributed by atoms with E-state index in [4.69, 9.17) is 9.47 Å². The fourth-order valence-electron chi connectivity index (χ4n) is 5.44. The molecule has 0 unspecified atom stereocenters. The average Bonchev–Trinajstić information content (AvgIpc) is 2.97. The number of β-amino-alcohol motifs (C(OH)–C–C–N with tert-alkyl or cyclic N) is 1. The Balaban J connectivity index is 1.14. The zero-order chi connectivity index (χ0) is 27.0. The molecule has 0 radical (unpaired) electrons. The van der Waals surface area contributed by atoms with Crippen LogP contribution in [-0.4, -0.2) is 65.3 Å². The van der Waals surface area contributed by atoms with Gasteiger partial charge < -0.3 is 19.5 Å². The summed E-state index contributed by atoms with van der Waals surface area (Å²) < 4.78 is 12.5. The predicted molar refractivity (Wildman–Crippen MR) is 153 cm³/mol. The van der Waals surface area contributed by atoms with E-state index in [1.165, 1.54) is 17.3 Å². The van der Waals surface area contributed by atoms with E-state index in [1.807, 2.05) is 73.7 Å². The Labute approximate surface area is 232 Å². The number of Topliss-reactive ketones (excluding diaryl/α,β-unsaturated/α-hetero) is 2. The molecule has 1 saturated heterocycles. The molecule has 1 atom stereocenters. The number of aliphatic hydroxyl groups excluding tert-OH is 1. The molecule has 0 amide bonds. The molecule has 200 valence electrons. The number of hydrogen-bond donors (Lipinski definition) is 1. The maximum Gasteiger partial charge on any atom is 0.243 e. The number of thioether (sulfide) groups is 1. The van der Waals surface area contributed by atoms with Gasteiger partial charge in [-0.15, -0.1) is 11.8 Å². The lowest BCUT2D eigenvalue weighted by Crippen LogP contribution is -2.51. The van der Waals surface area contributed by atoms with Crippen molar-refractivity contribution >= 4 is 29.1 Å². The summed E-state index contributed by atoms with van der Waals surface area (Å²) in [7, 11) is 0. The van der Waals surface area contributed by atoms with Crippen molar-refractivity contribution in [2.24, 2.45) is 0 Å². The quantitative estimate of drug-likeness (QED) is 0.434. The van der Waals surface area contributed by atoms with Gasteiger partial charge >= 0.3 is 0 Å². The molecule has 2 aliphatic heterocycles. The van der Waals surface area contributed by atoms with Crippen LogP contribution in [0.3, 0.4) is 0 Å². The number of benzene rings is 3. The number of carbonyl (C=O) groups is 2. The minimum absolute atomic E-state index is 0.240. The van der Waals surface area contributed by atoms with Crippen LogP contribution < -0.4 is 4.74 Å². The Morgan fingerprint density at radius 3 is 2.44 bits per heavy atom. The lowest BCUT2D eigenvalue weighted by Gasteiger charge is -2.45. The first-order valence-electron chi connectivity index (χ1n) is 13.4. The van der Waals surface area contributed by atoms with Crippen LogP contribution in [0.15, 0.2) is 77.7 Å². The number of ketones is 2. The van der Waals surface area contributed by atoms with Crippen LogP contribution in [-0.2, 0) is 9.53 Å². The van der Waals surface area contributed by atoms with Crippen molar-refractivity contribution in [3.8, 4) is 16.9 Å². The van der Waals surface area contributed by atoms with Gasteiger partial charge in [0.15, 0.2) is 0 Å². The summed E-state index contributed by atoms with van der Waals surface area (Å²) in [5, 5.41) is 10.6. The van der Waals surface area contributed by atoms with Gasteiger partial charge in [-0.05, 0) is 42.3 Å². The smallest absolute Gasteiger partial charge is 0.243 e. The van der Waals surface area contributed by atoms with Gasteiger partial charge in [0.2, 0.25) is 11.6 Å². The van der Waals surface area contributed by atoms with Crippen molar-refractivity contribution in [2.45, 2.75) is 31.5 Å². The first-order chi connectivity index (χ1) is 18.9. The van der Waals surface area contributed by atoms with Gasteiger partial charge in [-0.3, -0.25) is 9.59 Å². The van der Waals surface area contributed by atoms with E-state index >= 15 is 0 Å². The Kier molecular flexibility index (Phi) is 7.06. The van der Waals surface area contributed by atoms with Crippen molar-refractivity contribution in [1.82, 2.24) is 4.90 Å². The van der Waals surface area contributed by atoms with Crippen LogP contribution >= 0.6 is 11.8 Å². The molecule has 1 aliphatic carbocycles. The lowest BCUT2D eigenvalue weighted by molar-refractivity contribution is -0.111. The molecule has 3 aliphatic rings. The number of aryl methyl sites for hydroxylation is 1. The van der Waals surface area contributed by atoms with Gasteiger partial charge in [0.25, 0.3) is 0 Å². The third-order valence-electron chi connectivity index (χ3n) is 7.73. The molecule has 3 aromatic carbocycles. The third kappa shape index (κ3) is 5.26. The molecule has 1 N–H and O–H groups in total. The summed E-state index contributed by atoms with van der Waals surface area (Å²) in [6.07, 6.45) is 0.956. The second-order valence-corrected chi connectivity index (χ2v) is 11.6. The van der Waals surface area contributed by atoms with Crippen LogP contribution in [0.25, 0.3) is 16.9 Å². The highest BCUT2D eigenvalue weighted by atomic mass is 32.2. The summed E-state index contributed by atoms with van der Waals surface area (Å²) in [4.78, 5) is 28.5. The third-order valence-corrected chi connectivity index (χ3v) is 9.06. The number of aliphatic hydroxyl groups is 1. The van der Waals surface area contributed by atoms with Crippen LogP contribution in [0.1, 0.15) is 34.3 Å². The fraction of sp³-hybridized carbons (Fsp3) is 0.312. The molecular weight excluding hydrogens is 510 g/mol. The number of ether oxygens (including phenoxy) is 2. The number of fused-ring (bicyclic) bond motifs is 2. The molecule has 1 spiro atoms. The largest absolute Gasteiger partial charge is 0.491 e. The average molecular weight is 542 g/mol. The Hall–Kier alpha value is -3.39. The number of hydrogen-bond acceptors (Lipinski definition) is 7. The standard InChI is InChI=1S/C32H31NO5S/c1-21-7-10-25(11-8-21)37-19-24(34)18-33-15-13-32(14-16-33)20-39-31-29(36)28(35)26-12-9-23(17-27(26)30(31)38-32)22-5-3-2-4-6-22/h2-12,17,24,34H,13-16,18-20H2,1H3/t24-/m0/s1. The predicted octanol–water partition coefficient (Wildman–Crippen LogP) is 5.13. The molecule has 1 fully saturated rings. The first-order valence-corrected chi connectivity index (χ1v) is 14.3. The number of carbonyl (C=O) groups excluding carboxylic acids is 2. The minimum Gasteiger partial charge on any atom is -0.491 e. The summed E-state index contributed by atoms with van der Waals surface area (Å²) in [5.41, 5.74) is 3.89. The van der Waals surface area contributed by atoms with Crippen LogP contribution in [0, 0.1) is 6.92 Å². The molecule has 6 nitrogen and oxygen atoms in total. The molecule has 0 bridgehead atoms. The second kappa shape index (κ2) is 10.6. The number of rotatable bonds is 6. The highest BCUT2D eigenvalue weighted by molar-refractivity contribution is 8.04. The molecule has 2 heterocycles. The van der Waals surface area contributed by atoms with Crippen LogP contribution in [0.2, 0.25) is 0 Å². The Morgan fingerprint density at radius 2 is 1.69 bits per heavy atom. The molecule has 39 heavy (non-hydrogen) atoms. The molecular formula is C32H31NO5S. The van der Waals surface area contributed by atoms with E-state index < -0.39 is 23.3 Å². The molecule has 3 aromatic rings. The molecule has 7 heteroatoms. The normalized spacial score (nSPS) is 19.3. The lowest BCUT2D eigenvalue weighted by atomic mass is 9.88. The summed E-state index contributed by atoms with van der Waals surface area (Å²) in [5.74, 6) is 0.991. The summed E-state index contributed by atoms with van der Waals surface area (Å²) >= 11 is 1.45. The topological polar surface area (TPSA) is 76.1 Å². The minimum atomic E-state index is -0.596. The Bertz CT molecular complexity index is 1420. The van der Waals surface area contributed by atoms with E-state index in [9.17, 15) is 14.7 Å². The van der Waals surface area contributed by atoms with Crippen molar-refractivity contribution in [3.05, 3.63) is 94.4 Å². The zero-order valence-electron chi connectivity index (χ0n) is 21.9. The van der Waals surface area contributed by atoms with Gasteiger partial charge in [-0.25, -0.2) is 0 Å². The second-order valence-electron chi connectivity index (χ2n) is 10.6. The molecule has 0 saturated carbocycles. The van der Waals surface area contributed by atoms with E-state index in [-0.39, 0.29) is 6.61 Å². The van der Waals surface area contributed by atoms with Crippen molar-refractivity contribution in [2.75, 3.05) is 32.0 Å². The first kappa shape index (κ1) is 25.9. The SMILES string of the molecule is Cc1ccc(OC[C@@H](O)CN2CCC3(CC2)CSC2=C(O3)c3cc(-c4ccccc4)ccc3C(=O)C2=O)cc1. The van der Waals surface area contributed by atoms with Gasteiger partial charge in [-0.1, -0.05) is 54.1 Å². The van der Waals surface area contributed by atoms with Crippen LogP contribution in [0.4, 0.5) is 0 Å². The number of likely N-dealkylation sites (tertiary alicyclic amines) is 1. The number of nitrogens with zero attached hydrogens (tertiary/aromatic N) is 1. The van der Waals surface area contributed by atoms with E-state index in [0.29, 0.717) is 34.1 Å². The van der Waals surface area contributed by atoms with Crippen molar-refractivity contribution in [3.63, 3.8) is 0 Å². The van der Waals surface area contributed by atoms with E-state index in [0.717, 1.165) is 42.8 Å². The van der Waals surface area contributed by atoms with Crippen LogP contribution in [0.5, 0.6) is 5.75 Å². The van der Waals surface area contributed by atoms with Crippen molar-refractivity contribution in [1.29, 1.82) is 0 Å². The Morgan fingerprint density at radius 1 is 0.949 bits per heavy atom. The summed E-state index contributed by atoms with van der Waals surface area (Å²) in [6, 6.07) is 23.4. The van der Waals surface area contributed by atoms with E-state index in [2.05, 4.69) is 4.90 Å². The highest BCUT2D eigenvalue weighted by Crippen LogP contribution is 2.47. The zero-order valence-corrected chi connectivity index (χ0v) is 22.7. The number of piperidine rings is 1. The molecule has 0 aromatic heterocycles. The molecule has 6 rings (SSSR count). The van der Waals surface area contributed by atoms with Gasteiger partial charge in [0, 0.05) is 49.4 Å². The van der Waals surface area contributed by atoms with Gasteiger partial charge in [-0.2, -0.15) is 0 Å². The summed E-state index contributed by atoms with van der Waals surface area (Å²) in [6.45, 7) is 4.34. The van der Waals surface area contributed by atoms with E-state index in [1.54, 1.807) is 6.07 Å². The monoisotopic (exact) mass is 541 g/mol. The van der Waals surface area contributed by atoms with Gasteiger partial charge in [0.1, 0.15) is 34.7 Å². The maximum absolute atomic E-state index is 12.9. The number of allylic oxidation sites excluding steroid dienone is 1. The van der Waals surface area contributed by atoms with Crippen molar-refractivity contribution < 1.29 is 24.2 Å². The highest BCUT2D eigenvalue weighted by Gasteiger charge is 2.46. The maximum atomic E-state index is 12.9.